The highest BCUT2D eigenvalue weighted by Crippen LogP contribution is 2.25. The summed E-state index contributed by atoms with van der Waals surface area (Å²) in [5.74, 6) is 0. The largest absolute Gasteiger partial charge is 0.357 e. The summed E-state index contributed by atoms with van der Waals surface area (Å²) in [6.45, 7) is 4.35. The summed E-state index contributed by atoms with van der Waals surface area (Å²) in [5.41, 5.74) is 3.21. The average Bonchev–Trinajstić information content (AvgIpc) is 3.12. The number of rotatable bonds is 3. The lowest BCUT2D eigenvalue weighted by Crippen LogP contribution is -2.37. The fourth-order valence-electron chi connectivity index (χ4n) is 2.83. The van der Waals surface area contributed by atoms with Gasteiger partial charge in [0.2, 0.25) is 0 Å². The summed E-state index contributed by atoms with van der Waals surface area (Å²) in [6, 6.07) is 6.14. The first-order valence-electron chi connectivity index (χ1n) is 7.50. The Hall–Kier alpha value is -1.68. The van der Waals surface area contributed by atoms with Gasteiger partial charge in [-0.05, 0) is 43.0 Å². The number of fused-ring (bicyclic) bond motifs is 1. The molecule has 4 nitrogen and oxygen atoms in total. The zero-order valence-corrected chi connectivity index (χ0v) is 13.0. The van der Waals surface area contributed by atoms with Crippen molar-refractivity contribution in [3.63, 3.8) is 0 Å². The maximum Gasteiger partial charge on any atom is 0.317 e. The third-order valence-electron chi connectivity index (χ3n) is 4.05. The van der Waals surface area contributed by atoms with Crippen LogP contribution in [-0.2, 0) is 13.0 Å². The first-order chi connectivity index (χ1) is 10.2. The Balaban J connectivity index is 1.71. The molecule has 5 heteroatoms. The molecule has 112 valence electrons. The van der Waals surface area contributed by atoms with Crippen LogP contribution < -0.4 is 5.32 Å². The van der Waals surface area contributed by atoms with Gasteiger partial charge in [0.1, 0.15) is 0 Å². The summed E-state index contributed by atoms with van der Waals surface area (Å²) in [7, 11) is 0. The van der Waals surface area contributed by atoms with E-state index in [1.54, 1.807) is 0 Å². The topological polar surface area (TPSA) is 48.1 Å². The van der Waals surface area contributed by atoms with E-state index in [1.165, 1.54) is 0 Å². The van der Waals surface area contributed by atoms with Crippen LogP contribution in [-0.4, -0.2) is 29.0 Å². The normalized spacial score (nSPS) is 14.9. The van der Waals surface area contributed by atoms with Crippen molar-refractivity contribution in [3.05, 3.63) is 34.5 Å². The second-order valence-corrected chi connectivity index (χ2v) is 5.94. The van der Waals surface area contributed by atoms with E-state index < -0.39 is 0 Å². The maximum absolute atomic E-state index is 12.0. The van der Waals surface area contributed by atoms with Gasteiger partial charge in [-0.25, -0.2) is 4.79 Å². The van der Waals surface area contributed by atoms with Crippen molar-refractivity contribution in [3.8, 4) is 0 Å². The van der Waals surface area contributed by atoms with Gasteiger partial charge in [-0.2, -0.15) is 0 Å². The van der Waals surface area contributed by atoms with E-state index in [-0.39, 0.29) is 6.03 Å². The molecule has 2 N–H and O–H groups in total. The van der Waals surface area contributed by atoms with E-state index in [0.717, 1.165) is 59.5 Å². The smallest absolute Gasteiger partial charge is 0.317 e. The lowest BCUT2D eigenvalue weighted by atomic mass is 10.1. The molecular formula is C16H20ClN3O. The molecule has 1 aromatic heterocycles. The van der Waals surface area contributed by atoms with E-state index >= 15 is 0 Å². The third-order valence-corrected chi connectivity index (χ3v) is 4.40. The van der Waals surface area contributed by atoms with Crippen LogP contribution in [0, 0.1) is 0 Å². The molecule has 2 heterocycles. The predicted molar refractivity (Wildman–Crippen MR) is 85.7 cm³/mol. The molecule has 0 aliphatic carbocycles. The number of nitrogens with one attached hydrogen (secondary N) is 2. The summed E-state index contributed by atoms with van der Waals surface area (Å²) < 4.78 is 0. The van der Waals surface area contributed by atoms with Crippen LogP contribution in [0.1, 0.15) is 31.0 Å². The molecule has 1 aromatic carbocycles. The Morgan fingerprint density at radius 3 is 2.81 bits per heavy atom. The van der Waals surface area contributed by atoms with Crippen molar-refractivity contribution >= 4 is 28.5 Å². The van der Waals surface area contributed by atoms with Crippen molar-refractivity contribution in [2.75, 3.05) is 13.1 Å². The molecule has 0 bridgehead atoms. The highest BCUT2D eigenvalue weighted by atomic mass is 35.5. The lowest BCUT2D eigenvalue weighted by molar-refractivity contribution is 0.208. The summed E-state index contributed by atoms with van der Waals surface area (Å²) in [5, 5.41) is 4.86. The quantitative estimate of drug-likeness (QED) is 0.892. The number of nitrogens with zero attached hydrogens (tertiary/aromatic N) is 1. The minimum absolute atomic E-state index is 0.0263. The lowest BCUT2D eigenvalue weighted by Gasteiger charge is -2.15. The van der Waals surface area contributed by atoms with Gasteiger partial charge < -0.3 is 15.2 Å². The van der Waals surface area contributed by atoms with Crippen LogP contribution in [0.4, 0.5) is 4.79 Å². The monoisotopic (exact) mass is 305 g/mol. The summed E-state index contributed by atoms with van der Waals surface area (Å²) in [6.07, 6.45) is 3.13. The number of carbonyl (C=O) groups is 1. The predicted octanol–water partition coefficient (Wildman–Crippen LogP) is 3.69. The number of likely N-dealkylation sites (tertiary alicyclic amines) is 1. The molecule has 0 unspecified atom stereocenters. The van der Waals surface area contributed by atoms with Gasteiger partial charge >= 0.3 is 6.03 Å². The molecule has 3 rings (SSSR count). The van der Waals surface area contributed by atoms with Crippen LogP contribution in [0.5, 0.6) is 0 Å². The summed E-state index contributed by atoms with van der Waals surface area (Å²) in [4.78, 5) is 17.2. The second-order valence-electron chi connectivity index (χ2n) is 5.53. The van der Waals surface area contributed by atoms with Crippen LogP contribution in [0.3, 0.4) is 0 Å². The number of aryl methyl sites for hydroxylation is 1. The first kappa shape index (κ1) is 14.3. The molecule has 1 aliphatic heterocycles. The SMILES string of the molecule is CCc1cc2[nH]c(CNC(=O)N3CCCC3)cc2cc1Cl. The standard InChI is InChI=1S/C16H20ClN3O/c1-2-11-9-15-12(8-14(11)17)7-13(19-15)10-18-16(21)20-5-3-4-6-20/h7-9,19H,2-6,10H2,1H3,(H,18,21). The first-order valence-corrected chi connectivity index (χ1v) is 7.88. The minimum atomic E-state index is 0.0263. The number of H-pyrrole nitrogens is 1. The molecule has 1 aliphatic rings. The van der Waals surface area contributed by atoms with Gasteiger partial charge in [0.15, 0.2) is 0 Å². The Bertz CT molecular complexity index is 659. The second kappa shape index (κ2) is 5.98. The zero-order valence-electron chi connectivity index (χ0n) is 12.2. The molecule has 1 fully saturated rings. The Labute approximate surface area is 129 Å². The number of benzene rings is 1. The maximum atomic E-state index is 12.0. The minimum Gasteiger partial charge on any atom is -0.357 e. The van der Waals surface area contributed by atoms with Crippen molar-refractivity contribution in [1.82, 2.24) is 15.2 Å². The molecule has 0 atom stereocenters. The molecular weight excluding hydrogens is 286 g/mol. The van der Waals surface area contributed by atoms with E-state index in [4.69, 9.17) is 11.6 Å². The van der Waals surface area contributed by atoms with Crippen molar-refractivity contribution < 1.29 is 4.79 Å². The van der Waals surface area contributed by atoms with Crippen LogP contribution in [0.2, 0.25) is 5.02 Å². The van der Waals surface area contributed by atoms with Crippen molar-refractivity contribution in [2.24, 2.45) is 0 Å². The molecule has 0 radical (unpaired) electrons. The Morgan fingerprint density at radius 1 is 1.33 bits per heavy atom. The zero-order chi connectivity index (χ0) is 14.8. The summed E-state index contributed by atoms with van der Waals surface area (Å²) >= 11 is 6.24. The van der Waals surface area contributed by atoms with E-state index in [9.17, 15) is 4.79 Å². The van der Waals surface area contributed by atoms with Crippen molar-refractivity contribution in [2.45, 2.75) is 32.7 Å². The van der Waals surface area contributed by atoms with Crippen LogP contribution in [0.15, 0.2) is 18.2 Å². The third kappa shape index (κ3) is 3.00. The highest BCUT2D eigenvalue weighted by Gasteiger charge is 2.17. The van der Waals surface area contributed by atoms with E-state index in [0.29, 0.717) is 6.54 Å². The average molecular weight is 306 g/mol. The van der Waals surface area contributed by atoms with Gasteiger partial charge in [-0.3, -0.25) is 0 Å². The van der Waals surface area contributed by atoms with Gasteiger partial charge in [-0.1, -0.05) is 18.5 Å². The van der Waals surface area contributed by atoms with Crippen LogP contribution in [0.25, 0.3) is 10.9 Å². The molecule has 0 saturated carbocycles. The molecule has 0 spiro atoms. The Kier molecular flexibility index (Phi) is 4.06. The van der Waals surface area contributed by atoms with E-state index in [2.05, 4.69) is 23.3 Å². The molecule has 21 heavy (non-hydrogen) atoms. The van der Waals surface area contributed by atoms with Gasteiger partial charge in [0.05, 0.1) is 6.54 Å². The fourth-order valence-corrected chi connectivity index (χ4v) is 3.13. The number of hydrogen-bond acceptors (Lipinski definition) is 1. The van der Waals surface area contributed by atoms with E-state index in [1.807, 2.05) is 17.0 Å². The number of urea groups is 1. The van der Waals surface area contributed by atoms with Crippen LogP contribution >= 0.6 is 11.6 Å². The number of aromatic amines is 1. The van der Waals surface area contributed by atoms with Gasteiger partial charge in [0.25, 0.3) is 0 Å². The number of aromatic nitrogens is 1. The Morgan fingerprint density at radius 2 is 2.10 bits per heavy atom. The highest BCUT2D eigenvalue weighted by molar-refractivity contribution is 6.32. The number of carbonyl (C=O) groups excluding carboxylic acids is 1. The molecule has 2 aromatic rings. The molecule has 1 saturated heterocycles. The number of halogens is 1. The number of hydrogen-bond donors (Lipinski definition) is 2. The number of amides is 2. The fraction of sp³-hybridized carbons (Fsp3) is 0.438. The van der Waals surface area contributed by atoms with Crippen molar-refractivity contribution in [1.29, 1.82) is 0 Å². The van der Waals surface area contributed by atoms with Gasteiger partial charge in [0, 0.05) is 34.7 Å². The van der Waals surface area contributed by atoms with Gasteiger partial charge in [-0.15, -0.1) is 0 Å². The molecule has 2 amide bonds.